The minimum Gasteiger partial charge on any atom is -0.249 e. The van der Waals surface area contributed by atoms with Crippen LogP contribution in [0.5, 0.6) is 0 Å². The lowest BCUT2D eigenvalue weighted by Crippen LogP contribution is -2.27. The highest BCUT2D eigenvalue weighted by Gasteiger charge is 2.43. The molecule has 0 saturated carbocycles. The first kappa shape index (κ1) is 16.0. The summed E-state index contributed by atoms with van der Waals surface area (Å²) in [6.45, 7) is 9.12. The minimum absolute atomic E-state index is 0.141. The molecule has 0 aromatic heterocycles. The summed E-state index contributed by atoms with van der Waals surface area (Å²) in [5, 5.41) is 0. The molecule has 136 valence electrons. The molecule has 0 atom stereocenters. The van der Waals surface area contributed by atoms with Gasteiger partial charge in [-0.2, -0.15) is 0 Å². The molecule has 0 spiro atoms. The van der Waals surface area contributed by atoms with Crippen molar-refractivity contribution in [1.82, 2.24) is 0 Å². The maximum absolute atomic E-state index is 5.19. The van der Waals surface area contributed by atoms with E-state index >= 15 is 0 Å². The predicted molar refractivity (Wildman–Crippen MR) is 117 cm³/mol. The number of aliphatic imine (C=N–C) groups is 2. The van der Waals surface area contributed by atoms with Gasteiger partial charge in [-0.25, -0.2) is 9.98 Å². The average Bonchev–Trinajstić information content (AvgIpc) is 3.12. The van der Waals surface area contributed by atoms with Gasteiger partial charge in [-0.1, -0.05) is 76.2 Å². The molecule has 0 radical (unpaired) electrons. The summed E-state index contributed by atoms with van der Waals surface area (Å²) >= 11 is 0. The maximum atomic E-state index is 5.19. The molecule has 3 heterocycles. The molecule has 0 fully saturated rings. The van der Waals surface area contributed by atoms with Gasteiger partial charge >= 0.3 is 0 Å². The van der Waals surface area contributed by atoms with Crippen molar-refractivity contribution in [2.75, 3.05) is 0 Å². The molecule has 6 rings (SSSR count). The van der Waals surface area contributed by atoms with E-state index in [1.54, 1.807) is 0 Å². The van der Waals surface area contributed by atoms with Gasteiger partial charge in [-0.05, 0) is 45.5 Å². The largest absolute Gasteiger partial charge is 0.249 e. The highest BCUT2D eigenvalue weighted by atomic mass is 14.9. The zero-order valence-electron chi connectivity index (χ0n) is 16.7. The van der Waals surface area contributed by atoms with Gasteiger partial charge in [0, 0.05) is 10.8 Å². The zero-order chi connectivity index (χ0) is 19.3. The van der Waals surface area contributed by atoms with E-state index in [4.69, 9.17) is 9.98 Å². The lowest BCUT2D eigenvalue weighted by molar-refractivity contribution is 0.726. The third-order valence-electron chi connectivity index (χ3n) is 6.73. The number of benzene rings is 3. The second-order valence-corrected chi connectivity index (χ2v) is 9.19. The van der Waals surface area contributed by atoms with Crippen LogP contribution in [0, 0.1) is 0 Å². The Morgan fingerprint density at radius 2 is 0.929 bits per heavy atom. The number of fused-ring (bicyclic) bond motifs is 7. The lowest BCUT2D eigenvalue weighted by atomic mass is 9.75. The molecule has 2 heteroatoms. The molecule has 3 aromatic carbocycles. The van der Waals surface area contributed by atoms with E-state index in [0.29, 0.717) is 0 Å². The maximum Gasteiger partial charge on any atom is 0.0934 e. The molecule has 0 saturated heterocycles. The summed E-state index contributed by atoms with van der Waals surface area (Å²) < 4.78 is 0. The van der Waals surface area contributed by atoms with E-state index in [1.165, 1.54) is 33.4 Å². The Bertz CT molecular complexity index is 1160. The molecule has 28 heavy (non-hydrogen) atoms. The summed E-state index contributed by atoms with van der Waals surface area (Å²) in [5.74, 6) is 0. The van der Waals surface area contributed by atoms with Crippen molar-refractivity contribution in [1.29, 1.82) is 0 Å². The normalized spacial score (nSPS) is 19.0. The van der Waals surface area contributed by atoms with Crippen LogP contribution in [0.4, 0.5) is 11.4 Å². The number of hydrogen-bond donors (Lipinski definition) is 0. The minimum atomic E-state index is -0.141. The summed E-state index contributed by atoms with van der Waals surface area (Å²) in [7, 11) is 0. The Balaban J connectivity index is 1.79. The van der Waals surface area contributed by atoms with Crippen LogP contribution < -0.4 is 0 Å². The second kappa shape index (κ2) is 4.88. The molecule has 3 aliphatic heterocycles. The Morgan fingerprint density at radius 3 is 1.36 bits per heavy atom. The topological polar surface area (TPSA) is 24.7 Å². The van der Waals surface area contributed by atoms with Gasteiger partial charge in [0.05, 0.1) is 22.8 Å². The number of hydrogen-bond acceptors (Lipinski definition) is 2. The molecule has 3 aromatic rings. The van der Waals surface area contributed by atoms with Crippen LogP contribution in [0.1, 0.15) is 49.9 Å². The fourth-order valence-electron chi connectivity index (χ4n) is 5.12. The van der Waals surface area contributed by atoms with E-state index in [2.05, 4.69) is 88.4 Å². The monoisotopic (exact) mass is 362 g/mol. The summed E-state index contributed by atoms with van der Waals surface area (Å²) in [6, 6.07) is 22.2. The van der Waals surface area contributed by atoms with Crippen molar-refractivity contribution >= 4 is 22.8 Å². The number of nitrogens with zero attached hydrogens (tertiary/aromatic N) is 2. The molecule has 2 nitrogen and oxygen atoms in total. The van der Waals surface area contributed by atoms with Crippen molar-refractivity contribution in [3.05, 3.63) is 82.9 Å². The summed E-state index contributed by atoms with van der Waals surface area (Å²) in [5.41, 5.74) is 11.5. The quantitative estimate of drug-likeness (QED) is 0.436. The van der Waals surface area contributed by atoms with Gasteiger partial charge in [0.25, 0.3) is 0 Å². The van der Waals surface area contributed by atoms with Gasteiger partial charge < -0.3 is 0 Å². The molecular weight excluding hydrogens is 340 g/mol. The molecule has 0 N–H and O–H groups in total. The zero-order valence-corrected chi connectivity index (χ0v) is 16.7. The molecule has 8 bridgehead atoms. The molecule has 0 unspecified atom stereocenters. The van der Waals surface area contributed by atoms with Gasteiger partial charge in [-0.3, -0.25) is 0 Å². The van der Waals surface area contributed by atoms with E-state index < -0.39 is 0 Å². The predicted octanol–water partition coefficient (Wildman–Crippen LogP) is 6.49. The Kier molecular flexibility index (Phi) is 2.79. The third-order valence-corrected chi connectivity index (χ3v) is 6.73. The van der Waals surface area contributed by atoms with Gasteiger partial charge in [-0.15, -0.1) is 0 Å². The van der Waals surface area contributed by atoms with Crippen LogP contribution in [0.25, 0.3) is 11.1 Å². The summed E-state index contributed by atoms with van der Waals surface area (Å²) in [4.78, 5) is 10.4. The van der Waals surface area contributed by atoms with E-state index in [0.717, 1.165) is 22.8 Å². The van der Waals surface area contributed by atoms with Gasteiger partial charge in [0.2, 0.25) is 0 Å². The van der Waals surface area contributed by atoms with Crippen molar-refractivity contribution in [3.8, 4) is 11.1 Å². The summed E-state index contributed by atoms with van der Waals surface area (Å²) in [6.07, 6.45) is 0. The Labute approximate surface area is 165 Å². The Morgan fingerprint density at radius 1 is 0.536 bits per heavy atom. The van der Waals surface area contributed by atoms with Crippen LogP contribution in [0.15, 0.2) is 70.6 Å². The van der Waals surface area contributed by atoms with Crippen LogP contribution in [-0.4, -0.2) is 11.4 Å². The fraction of sp³-hybridized carbons (Fsp3) is 0.231. The van der Waals surface area contributed by atoms with Crippen LogP contribution in [0.2, 0.25) is 0 Å². The van der Waals surface area contributed by atoms with Crippen molar-refractivity contribution in [3.63, 3.8) is 0 Å². The SMILES string of the molecule is CC1(C)C2=Nc3c1ccc1c3N=C(c3cccc(c3)-c3cccc2c3)C1(C)C. The van der Waals surface area contributed by atoms with Crippen LogP contribution in [0.3, 0.4) is 0 Å². The molecule has 0 aliphatic carbocycles. The fourth-order valence-corrected chi connectivity index (χ4v) is 5.12. The first-order chi connectivity index (χ1) is 13.4. The molecule has 0 amide bonds. The second-order valence-electron chi connectivity index (χ2n) is 9.19. The highest BCUT2D eigenvalue weighted by Crippen LogP contribution is 2.54. The average molecular weight is 362 g/mol. The first-order valence-electron chi connectivity index (χ1n) is 9.95. The first-order valence-corrected chi connectivity index (χ1v) is 9.95. The van der Waals surface area contributed by atoms with E-state index in [1.807, 2.05) is 0 Å². The van der Waals surface area contributed by atoms with Crippen LogP contribution in [-0.2, 0) is 10.8 Å². The lowest BCUT2D eigenvalue weighted by Gasteiger charge is -2.26. The van der Waals surface area contributed by atoms with E-state index in [9.17, 15) is 0 Å². The molecule has 3 aliphatic rings. The standard InChI is InChI=1S/C26H22N2/c1-25(2)19-11-12-20-22-21(19)27-23(25)17-9-5-7-15(13-17)16-8-6-10-18(14-16)24(28-22)26(20,3)4/h5-14H,1-4H3. The van der Waals surface area contributed by atoms with Crippen molar-refractivity contribution in [2.45, 2.75) is 38.5 Å². The molecular formula is C26H22N2. The van der Waals surface area contributed by atoms with Crippen molar-refractivity contribution < 1.29 is 0 Å². The smallest absolute Gasteiger partial charge is 0.0934 e. The van der Waals surface area contributed by atoms with Gasteiger partial charge in [0.15, 0.2) is 0 Å². The Hall–Kier alpha value is -3.00. The van der Waals surface area contributed by atoms with E-state index in [-0.39, 0.29) is 10.8 Å². The third kappa shape index (κ3) is 1.83. The van der Waals surface area contributed by atoms with Gasteiger partial charge in [0.1, 0.15) is 0 Å². The van der Waals surface area contributed by atoms with Crippen LogP contribution >= 0.6 is 0 Å². The van der Waals surface area contributed by atoms with Crippen molar-refractivity contribution in [2.24, 2.45) is 9.98 Å². The highest BCUT2D eigenvalue weighted by molar-refractivity contribution is 6.18. The number of rotatable bonds is 0.